The second-order valence-electron chi connectivity index (χ2n) is 5.27. The van der Waals surface area contributed by atoms with E-state index in [1.165, 1.54) is 12.1 Å². The van der Waals surface area contributed by atoms with Gasteiger partial charge >= 0.3 is 0 Å². The molecule has 19 heavy (non-hydrogen) atoms. The molecule has 0 spiro atoms. The lowest BCUT2D eigenvalue weighted by Gasteiger charge is -2.15. The third kappa shape index (κ3) is 7.11. The normalized spacial score (nSPS) is 12.7. The van der Waals surface area contributed by atoms with Crippen LogP contribution in [0.4, 0.5) is 8.78 Å². The first-order chi connectivity index (χ1) is 8.97. The fourth-order valence-corrected chi connectivity index (χ4v) is 1.79. The Balaban J connectivity index is 2.25. The molecule has 0 radical (unpaired) electrons. The average Bonchev–Trinajstić information content (AvgIpc) is 2.26. The Kier molecular flexibility index (Phi) is 6.78. The summed E-state index contributed by atoms with van der Waals surface area (Å²) >= 11 is 0. The number of nitrogens with one attached hydrogen (secondary N) is 1. The minimum atomic E-state index is -0.610. The molecule has 1 N–H and O–H groups in total. The van der Waals surface area contributed by atoms with E-state index in [0.717, 1.165) is 32.0 Å². The second kappa shape index (κ2) is 8.10. The van der Waals surface area contributed by atoms with Crippen molar-refractivity contribution in [1.29, 1.82) is 0 Å². The van der Waals surface area contributed by atoms with Gasteiger partial charge < -0.3 is 10.1 Å². The maximum atomic E-state index is 13.0. The highest BCUT2D eigenvalue weighted by Crippen LogP contribution is 2.17. The predicted octanol–water partition coefficient (Wildman–Crippen LogP) is 3.76. The Hall–Kier alpha value is -1.16. The van der Waals surface area contributed by atoms with Crippen LogP contribution in [0.3, 0.4) is 0 Å². The molecule has 0 amide bonds. The van der Waals surface area contributed by atoms with Crippen LogP contribution in [0.15, 0.2) is 18.2 Å². The zero-order valence-corrected chi connectivity index (χ0v) is 11.9. The van der Waals surface area contributed by atoms with Crippen molar-refractivity contribution in [2.24, 2.45) is 5.92 Å². The molecule has 2 nitrogen and oxygen atoms in total. The fraction of sp³-hybridized carbons (Fsp3) is 0.600. The summed E-state index contributed by atoms with van der Waals surface area (Å²) in [6, 6.07) is 3.25. The molecule has 1 unspecified atom stereocenters. The number of ether oxygens (including phenoxy) is 1. The van der Waals surface area contributed by atoms with Crippen molar-refractivity contribution in [2.75, 3.05) is 13.1 Å². The van der Waals surface area contributed by atoms with E-state index in [1.54, 1.807) is 0 Å². The molecular formula is C15H23F2NO. The molecule has 108 valence electrons. The van der Waals surface area contributed by atoms with Crippen LogP contribution in [0.5, 0.6) is 5.75 Å². The summed E-state index contributed by atoms with van der Waals surface area (Å²) in [6.07, 6.45) is 1.77. The molecule has 0 aliphatic heterocycles. The van der Waals surface area contributed by atoms with Gasteiger partial charge in [-0.05, 0) is 38.8 Å². The van der Waals surface area contributed by atoms with Crippen LogP contribution >= 0.6 is 0 Å². The summed E-state index contributed by atoms with van der Waals surface area (Å²) < 4.78 is 31.4. The zero-order valence-electron chi connectivity index (χ0n) is 11.9. The number of halogens is 2. The van der Waals surface area contributed by atoms with Gasteiger partial charge in [0.25, 0.3) is 0 Å². The SMILES string of the molecule is CC(C)CNCCCC(C)Oc1cc(F)cc(F)c1. The van der Waals surface area contributed by atoms with Crippen LogP contribution in [0.2, 0.25) is 0 Å². The maximum absolute atomic E-state index is 13.0. The van der Waals surface area contributed by atoms with Crippen LogP contribution in [-0.4, -0.2) is 19.2 Å². The Morgan fingerprint density at radius 3 is 2.32 bits per heavy atom. The van der Waals surface area contributed by atoms with Crippen molar-refractivity contribution in [1.82, 2.24) is 5.32 Å². The lowest BCUT2D eigenvalue weighted by atomic mass is 10.2. The molecule has 4 heteroatoms. The molecule has 0 saturated carbocycles. The van der Waals surface area contributed by atoms with E-state index in [9.17, 15) is 8.78 Å². The van der Waals surface area contributed by atoms with Gasteiger partial charge in [0.05, 0.1) is 6.10 Å². The Morgan fingerprint density at radius 2 is 1.74 bits per heavy atom. The number of benzene rings is 1. The van der Waals surface area contributed by atoms with Crippen molar-refractivity contribution < 1.29 is 13.5 Å². The summed E-state index contributed by atoms with van der Waals surface area (Å²) in [5.41, 5.74) is 0. The zero-order chi connectivity index (χ0) is 14.3. The summed E-state index contributed by atoms with van der Waals surface area (Å²) in [5.74, 6) is -0.328. The van der Waals surface area contributed by atoms with Gasteiger partial charge in [-0.3, -0.25) is 0 Å². The molecule has 0 heterocycles. The predicted molar refractivity (Wildman–Crippen MR) is 73.4 cm³/mol. The van der Waals surface area contributed by atoms with Crippen molar-refractivity contribution in [2.45, 2.75) is 39.7 Å². The summed E-state index contributed by atoms with van der Waals surface area (Å²) in [4.78, 5) is 0. The van der Waals surface area contributed by atoms with E-state index < -0.39 is 11.6 Å². The van der Waals surface area contributed by atoms with Gasteiger partial charge in [0.2, 0.25) is 0 Å². The minimum absolute atomic E-state index is 0.0537. The van der Waals surface area contributed by atoms with Gasteiger partial charge in [0, 0.05) is 18.2 Å². The molecule has 0 fully saturated rings. The third-order valence-electron chi connectivity index (χ3n) is 2.69. The second-order valence-corrected chi connectivity index (χ2v) is 5.27. The quantitative estimate of drug-likeness (QED) is 0.727. The fourth-order valence-electron chi connectivity index (χ4n) is 1.79. The number of rotatable bonds is 8. The van der Waals surface area contributed by atoms with E-state index in [-0.39, 0.29) is 11.9 Å². The third-order valence-corrected chi connectivity index (χ3v) is 2.69. The van der Waals surface area contributed by atoms with Gasteiger partial charge in [0.15, 0.2) is 0 Å². The van der Waals surface area contributed by atoms with E-state index in [4.69, 9.17) is 4.74 Å². The molecule has 1 aromatic carbocycles. The van der Waals surface area contributed by atoms with Crippen LogP contribution in [0.1, 0.15) is 33.6 Å². The average molecular weight is 271 g/mol. The van der Waals surface area contributed by atoms with Crippen LogP contribution < -0.4 is 10.1 Å². The van der Waals surface area contributed by atoms with Crippen LogP contribution in [-0.2, 0) is 0 Å². The highest BCUT2D eigenvalue weighted by Gasteiger charge is 2.07. The highest BCUT2D eigenvalue weighted by atomic mass is 19.1. The summed E-state index contributed by atoms with van der Waals surface area (Å²) in [6.45, 7) is 8.17. The highest BCUT2D eigenvalue weighted by molar-refractivity contribution is 5.23. The summed E-state index contributed by atoms with van der Waals surface area (Å²) in [5, 5.41) is 3.35. The number of hydrogen-bond acceptors (Lipinski definition) is 2. The topological polar surface area (TPSA) is 21.3 Å². The molecule has 1 rings (SSSR count). The van der Waals surface area contributed by atoms with Crippen molar-refractivity contribution in [3.05, 3.63) is 29.8 Å². The van der Waals surface area contributed by atoms with Gasteiger partial charge in [-0.15, -0.1) is 0 Å². The van der Waals surface area contributed by atoms with Crippen molar-refractivity contribution >= 4 is 0 Å². The standard InChI is InChI=1S/C15H23F2NO/c1-11(2)10-18-6-4-5-12(3)19-15-8-13(16)7-14(17)9-15/h7-9,11-12,18H,4-6,10H2,1-3H3. The lowest BCUT2D eigenvalue weighted by molar-refractivity contribution is 0.205. The first kappa shape index (κ1) is 15.9. The molecule has 0 aliphatic carbocycles. The Morgan fingerprint density at radius 1 is 1.11 bits per heavy atom. The molecule has 0 saturated heterocycles. The first-order valence-corrected chi connectivity index (χ1v) is 6.81. The van der Waals surface area contributed by atoms with Gasteiger partial charge in [0.1, 0.15) is 17.4 Å². The van der Waals surface area contributed by atoms with Crippen LogP contribution in [0.25, 0.3) is 0 Å². The summed E-state index contributed by atoms with van der Waals surface area (Å²) in [7, 11) is 0. The van der Waals surface area contributed by atoms with E-state index >= 15 is 0 Å². The monoisotopic (exact) mass is 271 g/mol. The van der Waals surface area contributed by atoms with Gasteiger partial charge in [-0.25, -0.2) is 8.78 Å². The van der Waals surface area contributed by atoms with Gasteiger partial charge in [-0.1, -0.05) is 13.8 Å². The Labute approximate surface area is 114 Å². The van der Waals surface area contributed by atoms with E-state index in [2.05, 4.69) is 19.2 Å². The first-order valence-electron chi connectivity index (χ1n) is 6.81. The molecule has 0 aromatic heterocycles. The minimum Gasteiger partial charge on any atom is -0.491 e. The van der Waals surface area contributed by atoms with Crippen LogP contribution in [0, 0.1) is 17.6 Å². The molecule has 0 bridgehead atoms. The van der Waals surface area contributed by atoms with E-state index in [0.29, 0.717) is 5.92 Å². The Bertz CT molecular complexity index is 362. The molecule has 0 aliphatic rings. The van der Waals surface area contributed by atoms with E-state index in [1.807, 2.05) is 6.92 Å². The molecular weight excluding hydrogens is 248 g/mol. The molecule has 1 atom stereocenters. The van der Waals surface area contributed by atoms with Gasteiger partial charge in [-0.2, -0.15) is 0 Å². The molecule has 1 aromatic rings. The number of hydrogen-bond donors (Lipinski definition) is 1. The van der Waals surface area contributed by atoms with Crippen molar-refractivity contribution in [3.8, 4) is 5.75 Å². The lowest BCUT2D eigenvalue weighted by Crippen LogP contribution is -2.22. The maximum Gasteiger partial charge on any atom is 0.129 e. The largest absolute Gasteiger partial charge is 0.491 e. The van der Waals surface area contributed by atoms with Crippen molar-refractivity contribution in [3.63, 3.8) is 0 Å². The smallest absolute Gasteiger partial charge is 0.129 e.